The van der Waals surface area contributed by atoms with E-state index in [9.17, 15) is 4.79 Å². The number of carbonyl (C=O) groups excluding carboxylic acids is 1. The zero-order chi connectivity index (χ0) is 19.4. The summed E-state index contributed by atoms with van der Waals surface area (Å²) in [4.78, 5) is 21.9. The molecule has 0 spiro atoms. The first-order chi connectivity index (χ1) is 13.0. The third kappa shape index (κ3) is 5.08. The van der Waals surface area contributed by atoms with Crippen LogP contribution in [0.1, 0.15) is 39.4 Å². The Labute approximate surface area is 162 Å². The lowest BCUT2D eigenvalue weighted by Crippen LogP contribution is -2.44. The largest absolute Gasteiger partial charge is 0.327 e. The lowest BCUT2D eigenvalue weighted by atomic mass is 10.1. The monoisotopic (exact) mass is 371 g/mol. The van der Waals surface area contributed by atoms with Crippen LogP contribution in [0.4, 0.5) is 5.69 Å². The van der Waals surface area contributed by atoms with Crippen LogP contribution in [0.5, 0.6) is 0 Å². The normalized spacial score (nSPS) is 16.3. The van der Waals surface area contributed by atoms with E-state index in [-0.39, 0.29) is 5.91 Å². The van der Waals surface area contributed by atoms with E-state index < -0.39 is 0 Å². The van der Waals surface area contributed by atoms with Crippen molar-refractivity contribution in [2.24, 2.45) is 5.92 Å². The predicted molar refractivity (Wildman–Crippen MR) is 111 cm³/mol. The number of hydrogen-bond acceptors (Lipinski definition) is 4. The summed E-state index contributed by atoms with van der Waals surface area (Å²) >= 11 is 0. The van der Waals surface area contributed by atoms with E-state index in [0.29, 0.717) is 12.3 Å². The number of anilines is 1. The van der Waals surface area contributed by atoms with Gasteiger partial charge in [0.15, 0.2) is 0 Å². The summed E-state index contributed by atoms with van der Waals surface area (Å²) in [6.45, 7) is 12.6. The number of likely N-dealkylation sites (N-methyl/N-ethyl adjacent to an activating group) is 1. The molecule has 0 aliphatic carbocycles. The van der Waals surface area contributed by atoms with Crippen LogP contribution in [0.3, 0.4) is 0 Å². The number of benzene rings is 1. The number of hydrogen-bond donors (Lipinski definition) is 1. The van der Waals surface area contributed by atoms with E-state index in [1.54, 1.807) is 0 Å². The fourth-order valence-electron chi connectivity index (χ4n) is 3.64. The zero-order valence-corrected chi connectivity index (χ0v) is 17.2. The van der Waals surface area contributed by atoms with E-state index in [1.165, 1.54) is 0 Å². The molecule has 1 N–H and O–H groups in total. The number of imidazole rings is 1. The molecule has 0 bridgehead atoms. The molecule has 148 valence electrons. The van der Waals surface area contributed by atoms with E-state index in [4.69, 9.17) is 4.98 Å². The molecule has 27 heavy (non-hydrogen) atoms. The maximum atomic E-state index is 12.1. The summed E-state index contributed by atoms with van der Waals surface area (Å²) < 4.78 is 2.34. The fourth-order valence-corrected chi connectivity index (χ4v) is 3.64. The number of rotatable bonds is 7. The molecule has 1 aliphatic rings. The van der Waals surface area contributed by atoms with Crippen LogP contribution in [0.25, 0.3) is 11.0 Å². The number of aryl methyl sites for hydroxylation is 1. The molecule has 1 aliphatic heterocycles. The van der Waals surface area contributed by atoms with Gasteiger partial charge in [0.25, 0.3) is 0 Å². The van der Waals surface area contributed by atoms with Crippen molar-refractivity contribution in [1.29, 1.82) is 0 Å². The van der Waals surface area contributed by atoms with Gasteiger partial charge in [-0.1, -0.05) is 20.8 Å². The summed E-state index contributed by atoms with van der Waals surface area (Å²) in [7, 11) is 2.18. The van der Waals surface area contributed by atoms with Crippen LogP contribution in [0, 0.1) is 5.92 Å². The molecule has 0 radical (unpaired) electrons. The average molecular weight is 372 g/mol. The predicted octanol–water partition coefficient (Wildman–Crippen LogP) is 3.18. The second-order valence-corrected chi connectivity index (χ2v) is 8.11. The minimum Gasteiger partial charge on any atom is -0.327 e. The van der Waals surface area contributed by atoms with Crippen molar-refractivity contribution in [3.8, 4) is 0 Å². The lowest BCUT2D eigenvalue weighted by Gasteiger charge is -2.32. The minimum atomic E-state index is 0.0648. The molecule has 0 saturated carbocycles. The van der Waals surface area contributed by atoms with Crippen LogP contribution in [0.2, 0.25) is 0 Å². The Hall–Kier alpha value is -1.92. The fraction of sp³-hybridized carbons (Fsp3) is 0.619. The van der Waals surface area contributed by atoms with Gasteiger partial charge in [-0.15, -0.1) is 0 Å². The summed E-state index contributed by atoms with van der Waals surface area (Å²) in [6, 6.07) is 6.09. The third-order valence-corrected chi connectivity index (χ3v) is 5.11. The van der Waals surface area contributed by atoms with Gasteiger partial charge in [0.05, 0.1) is 17.6 Å². The Morgan fingerprint density at radius 2 is 1.96 bits per heavy atom. The van der Waals surface area contributed by atoms with E-state index in [2.05, 4.69) is 53.6 Å². The molecule has 1 amide bonds. The molecule has 1 fully saturated rings. The highest BCUT2D eigenvalue weighted by atomic mass is 16.1. The molecule has 3 rings (SSSR count). The molecule has 6 nitrogen and oxygen atoms in total. The van der Waals surface area contributed by atoms with Crippen molar-refractivity contribution < 1.29 is 4.79 Å². The summed E-state index contributed by atoms with van der Waals surface area (Å²) in [5, 5.41) is 3.01. The number of carbonyl (C=O) groups is 1. The molecule has 0 atom stereocenters. The van der Waals surface area contributed by atoms with Crippen LogP contribution < -0.4 is 5.32 Å². The zero-order valence-electron chi connectivity index (χ0n) is 17.2. The average Bonchev–Trinajstić information content (AvgIpc) is 2.93. The standard InChI is InChI=1S/C21H33N5O/c1-5-8-26-19-7-6-17(22-21(27)13-16(2)3)14-18(19)23-20(26)15-25-11-9-24(4)10-12-25/h6-7,14,16H,5,8-13,15H2,1-4H3,(H,22,27). The molecular formula is C21H33N5O. The van der Waals surface area contributed by atoms with E-state index >= 15 is 0 Å². The highest BCUT2D eigenvalue weighted by Crippen LogP contribution is 2.22. The van der Waals surface area contributed by atoms with Crippen LogP contribution >= 0.6 is 0 Å². The molecule has 1 saturated heterocycles. The SMILES string of the molecule is CCCn1c(CN2CCN(C)CC2)nc2cc(NC(=O)CC(C)C)ccc21. The van der Waals surface area contributed by atoms with Crippen molar-refractivity contribution in [3.05, 3.63) is 24.0 Å². The molecule has 2 aromatic rings. The van der Waals surface area contributed by atoms with Gasteiger partial charge in [0.2, 0.25) is 5.91 Å². The Bertz CT molecular complexity index is 774. The molecule has 2 heterocycles. The second kappa shape index (κ2) is 8.85. The third-order valence-electron chi connectivity index (χ3n) is 5.11. The van der Waals surface area contributed by atoms with Crippen molar-refractivity contribution >= 4 is 22.6 Å². The van der Waals surface area contributed by atoms with Gasteiger partial charge in [-0.2, -0.15) is 0 Å². The van der Waals surface area contributed by atoms with Gasteiger partial charge in [-0.05, 0) is 37.6 Å². The number of aromatic nitrogens is 2. The van der Waals surface area contributed by atoms with Gasteiger partial charge < -0.3 is 14.8 Å². The first kappa shape index (κ1) is 19.8. The summed E-state index contributed by atoms with van der Waals surface area (Å²) in [6.07, 6.45) is 1.62. The Kier molecular flexibility index (Phi) is 6.50. The number of fused-ring (bicyclic) bond motifs is 1. The van der Waals surface area contributed by atoms with Crippen LogP contribution in [0.15, 0.2) is 18.2 Å². The smallest absolute Gasteiger partial charge is 0.224 e. The van der Waals surface area contributed by atoms with Gasteiger partial charge in [0, 0.05) is 44.8 Å². The van der Waals surface area contributed by atoms with Crippen LogP contribution in [-0.4, -0.2) is 58.5 Å². The maximum Gasteiger partial charge on any atom is 0.224 e. The van der Waals surface area contributed by atoms with Crippen molar-refractivity contribution in [2.75, 3.05) is 38.5 Å². The van der Waals surface area contributed by atoms with Crippen molar-refractivity contribution in [1.82, 2.24) is 19.4 Å². The van der Waals surface area contributed by atoms with E-state index in [1.807, 2.05) is 12.1 Å². The first-order valence-electron chi connectivity index (χ1n) is 10.2. The van der Waals surface area contributed by atoms with Crippen molar-refractivity contribution in [2.45, 2.75) is 46.7 Å². The molecule has 1 aromatic carbocycles. The van der Waals surface area contributed by atoms with Crippen LogP contribution in [-0.2, 0) is 17.9 Å². The lowest BCUT2D eigenvalue weighted by molar-refractivity contribution is -0.116. The van der Waals surface area contributed by atoms with Gasteiger partial charge >= 0.3 is 0 Å². The Balaban J connectivity index is 1.80. The molecule has 1 aromatic heterocycles. The van der Waals surface area contributed by atoms with Gasteiger partial charge in [0.1, 0.15) is 5.82 Å². The number of nitrogens with one attached hydrogen (secondary N) is 1. The second-order valence-electron chi connectivity index (χ2n) is 8.11. The summed E-state index contributed by atoms with van der Waals surface area (Å²) in [5.41, 5.74) is 2.96. The highest BCUT2D eigenvalue weighted by molar-refractivity contribution is 5.93. The Morgan fingerprint density at radius 3 is 2.63 bits per heavy atom. The molecule has 6 heteroatoms. The Morgan fingerprint density at radius 1 is 1.22 bits per heavy atom. The number of piperazine rings is 1. The summed E-state index contributed by atoms with van der Waals surface area (Å²) in [5.74, 6) is 1.55. The molecular weight excluding hydrogens is 338 g/mol. The van der Waals surface area contributed by atoms with Gasteiger partial charge in [-0.3, -0.25) is 9.69 Å². The molecule has 0 unspecified atom stereocenters. The first-order valence-corrected chi connectivity index (χ1v) is 10.2. The topological polar surface area (TPSA) is 53.4 Å². The quantitative estimate of drug-likeness (QED) is 0.812. The minimum absolute atomic E-state index is 0.0648. The number of nitrogens with zero attached hydrogens (tertiary/aromatic N) is 4. The van der Waals surface area contributed by atoms with E-state index in [0.717, 1.165) is 68.2 Å². The highest BCUT2D eigenvalue weighted by Gasteiger charge is 2.18. The van der Waals surface area contributed by atoms with Crippen molar-refractivity contribution in [3.63, 3.8) is 0 Å². The van der Waals surface area contributed by atoms with Gasteiger partial charge in [-0.25, -0.2) is 4.98 Å². The number of amides is 1. The maximum absolute atomic E-state index is 12.1.